The zero-order valence-electron chi connectivity index (χ0n) is 14.4. The third-order valence-corrected chi connectivity index (χ3v) is 5.58. The van der Waals surface area contributed by atoms with Crippen molar-refractivity contribution in [1.29, 1.82) is 0 Å². The van der Waals surface area contributed by atoms with Crippen molar-refractivity contribution in [2.75, 3.05) is 18.1 Å². The third-order valence-electron chi connectivity index (χ3n) is 5.58. The molecule has 0 amide bonds. The van der Waals surface area contributed by atoms with Crippen molar-refractivity contribution >= 4 is 22.4 Å². The van der Waals surface area contributed by atoms with Crippen molar-refractivity contribution in [1.82, 2.24) is 24.8 Å². The molecule has 0 spiro atoms. The van der Waals surface area contributed by atoms with Gasteiger partial charge in [-0.25, -0.2) is 9.50 Å². The number of aromatic nitrogens is 5. The maximum Gasteiger partial charge on any atom is 0.154 e. The van der Waals surface area contributed by atoms with Gasteiger partial charge in [0.05, 0.1) is 36.2 Å². The summed E-state index contributed by atoms with van der Waals surface area (Å²) in [4.78, 5) is 6.90. The van der Waals surface area contributed by atoms with Crippen LogP contribution in [-0.2, 0) is 4.74 Å². The van der Waals surface area contributed by atoms with Crippen LogP contribution in [0.5, 0.6) is 0 Å². The molecule has 1 aromatic carbocycles. The van der Waals surface area contributed by atoms with E-state index in [1.165, 1.54) is 0 Å². The highest BCUT2D eigenvalue weighted by Crippen LogP contribution is 2.32. The number of fused-ring (bicyclic) bond motifs is 4. The molecule has 6 rings (SSSR count). The van der Waals surface area contributed by atoms with Crippen molar-refractivity contribution in [2.24, 2.45) is 0 Å². The van der Waals surface area contributed by atoms with E-state index < -0.39 is 0 Å². The van der Waals surface area contributed by atoms with E-state index in [2.05, 4.69) is 38.3 Å². The van der Waals surface area contributed by atoms with Crippen LogP contribution in [0.4, 0.5) is 5.82 Å². The number of rotatable bonds is 2. The van der Waals surface area contributed by atoms with Crippen molar-refractivity contribution in [3.05, 3.63) is 42.2 Å². The Labute approximate surface area is 149 Å². The fraction of sp³-hybridized carbons (Fsp3) is 0.316. The number of nitrogens with zero attached hydrogens (tertiary/aromatic N) is 5. The Hall–Kier alpha value is -2.93. The standard InChI is InChI=1S/C19H18N6O/c1-11-15-6-12(2-3-16(15)22-21-11)17-8-20-18-4-5-19(23-25(17)18)24-9-14-7-13(24)10-26-14/h2-6,8,13-14H,7,9-10H2,1H3,(H,21,22)/t13-,14-/m1/s1. The molecule has 2 fully saturated rings. The molecular weight excluding hydrogens is 328 g/mol. The largest absolute Gasteiger partial charge is 0.374 e. The molecule has 0 aliphatic carbocycles. The van der Waals surface area contributed by atoms with Crippen molar-refractivity contribution < 1.29 is 4.74 Å². The molecule has 7 heteroatoms. The maximum absolute atomic E-state index is 5.72. The Kier molecular flexibility index (Phi) is 2.77. The predicted molar refractivity (Wildman–Crippen MR) is 98.3 cm³/mol. The van der Waals surface area contributed by atoms with Gasteiger partial charge in [-0.2, -0.15) is 5.10 Å². The van der Waals surface area contributed by atoms with Crippen LogP contribution in [0.1, 0.15) is 12.1 Å². The van der Waals surface area contributed by atoms with Crippen LogP contribution < -0.4 is 4.90 Å². The quantitative estimate of drug-likeness (QED) is 0.604. The van der Waals surface area contributed by atoms with E-state index in [1.54, 1.807) is 0 Å². The molecule has 2 bridgehead atoms. The van der Waals surface area contributed by atoms with Gasteiger partial charge in [0.1, 0.15) is 5.82 Å². The van der Waals surface area contributed by atoms with E-state index in [-0.39, 0.29) is 0 Å². The number of benzene rings is 1. The van der Waals surface area contributed by atoms with Crippen molar-refractivity contribution in [3.63, 3.8) is 0 Å². The minimum absolute atomic E-state index is 0.353. The van der Waals surface area contributed by atoms with E-state index in [0.29, 0.717) is 12.1 Å². The van der Waals surface area contributed by atoms with E-state index in [0.717, 1.165) is 58.9 Å². The van der Waals surface area contributed by atoms with Gasteiger partial charge in [0.15, 0.2) is 5.65 Å². The normalized spacial score (nSPS) is 22.1. The number of hydrogen-bond donors (Lipinski definition) is 1. The maximum atomic E-state index is 5.72. The zero-order chi connectivity index (χ0) is 17.3. The van der Waals surface area contributed by atoms with Crippen molar-refractivity contribution in [3.8, 4) is 11.3 Å². The number of imidazole rings is 1. The number of hydrogen-bond acceptors (Lipinski definition) is 5. The van der Waals surface area contributed by atoms with Gasteiger partial charge in [0.25, 0.3) is 0 Å². The topological polar surface area (TPSA) is 71.3 Å². The van der Waals surface area contributed by atoms with Crippen LogP contribution in [0.2, 0.25) is 0 Å². The molecule has 2 atom stereocenters. The summed E-state index contributed by atoms with van der Waals surface area (Å²) in [5.41, 5.74) is 4.97. The Morgan fingerprint density at radius 3 is 3.04 bits per heavy atom. The average Bonchev–Trinajstić information content (AvgIpc) is 3.44. The Morgan fingerprint density at radius 1 is 1.23 bits per heavy atom. The smallest absolute Gasteiger partial charge is 0.154 e. The van der Waals surface area contributed by atoms with Crippen LogP contribution in [0.3, 0.4) is 0 Å². The molecule has 4 aromatic rings. The fourth-order valence-electron chi connectivity index (χ4n) is 4.19. The second-order valence-corrected chi connectivity index (χ2v) is 7.18. The predicted octanol–water partition coefficient (Wildman–Crippen LogP) is 2.56. The first-order chi connectivity index (χ1) is 12.8. The first kappa shape index (κ1) is 14.3. The molecule has 0 radical (unpaired) electrons. The molecule has 2 saturated heterocycles. The zero-order valence-corrected chi connectivity index (χ0v) is 14.4. The second-order valence-electron chi connectivity index (χ2n) is 7.18. The van der Waals surface area contributed by atoms with Gasteiger partial charge < -0.3 is 9.64 Å². The lowest BCUT2D eigenvalue weighted by Crippen LogP contribution is -2.37. The number of morpholine rings is 1. The van der Waals surface area contributed by atoms with E-state index in [4.69, 9.17) is 9.84 Å². The summed E-state index contributed by atoms with van der Waals surface area (Å²) in [5.74, 6) is 0.994. The molecule has 5 heterocycles. The van der Waals surface area contributed by atoms with Crippen LogP contribution in [-0.4, -0.2) is 50.1 Å². The summed E-state index contributed by atoms with van der Waals surface area (Å²) in [6.07, 6.45) is 3.35. The highest BCUT2D eigenvalue weighted by molar-refractivity contribution is 5.86. The first-order valence-corrected chi connectivity index (χ1v) is 8.94. The van der Waals surface area contributed by atoms with Crippen LogP contribution in [0.15, 0.2) is 36.5 Å². The molecule has 130 valence electrons. The van der Waals surface area contributed by atoms with Gasteiger partial charge in [-0.05, 0) is 37.6 Å². The number of H-pyrrole nitrogens is 1. The average molecular weight is 346 g/mol. The molecule has 2 aliphatic heterocycles. The molecule has 0 saturated carbocycles. The number of anilines is 1. The number of aryl methyl sites for hydroxylation is 1. The highest BCUT2D eigenvalue weighted by Gasteiger charge is 2.39. The lowest BCUT2D eigenvalue weighted by atomic mass is 10.1. The van der Waals surface area contributed by atoms with Gasteiger partial charge in [0, 0.05) is 23.2 Å². The summed E-state index contributed by atoms with van der Waals surface area (Å²) in [6, 6.07) is 10.8. The van der Waals surface area contributed by atoms with Gasteiger partial charge in [-0.1, -0.05) is 6.07 Å². The number of nitrogens with one attached hydrogen (secondary N) is 1. The van der Waals surface area contributed by atoms with Gasteiger partial charge >= 0.3 is 0 Å². The molecule has 1 N–H and O–H groups in total. The van der Waals surface area contributed by atoms with Gasteiger partial charge in [0.2, 0.25) is 0 Å². The Morgan fingerprint density at radius 2 is 2.19 bits per heavy atom. The minimum Gasteiger partial charge on any atom is -0.374 e. The van der Waals surface area contributed by atoms with Crippen LogP contribution in [0, 0.1) is 6.92 Å². The van der Waals surface area contributed by atoms with E-state index in [1.807, 2.05) is 29.8 Å². The monoisotopic (exact) mass is 346 g/mol. The summed E-state index contributed by atoms with van der Waals surface area (Å²) < 4.78 is 7.66. The lowest BCUT2D eigenvalue weighted by molar-refractivity contribution is 0.0988. The van der Waals surface area contributed by atoms with Gasteiger partial charge in [-0.3, -0.25) is 5.10 Å². The molecule has 2 aliphatic rings. The number of ether oxygens (including phenoxy) is 1. The minimum atomic E-state index is 0.353. The van der Waals surface area contributed by atoms with Gasteiger partial charge in [-0.15, -0.1) is 5.10 Å². The van der Waals surface area contributed by atoms with E-state index in [9.17, 15) is 0 Å². The second kappa shape index (κ2) is 5.04. The summed E-state index contributed by atoms with van der Waals surface area (Å²) in [5, 5.41) is 13.4. The van der Waals surface area contributed by atoms with Crippen LogP contribution >= 0.6 is 0 Å². The Balaban J connectivity index is 1.48. The molecular formula is C19H18N6O. The molecule has 26 heavy (non-hydrogen) atoms. The lowest BCUT2D eigenvalue weighted by Gasteiger charge is -2.27. The van der Waals surface area contributed by atoms with E-state index >= 15 is 0 Å². The summed E-state index contributed by atoms with van der Waals surface area (Å²) in [6.45, 7) is 3.76. The molecule has 3 aromatic heterocycles. The summed E-state index contributed by atoms with van der Waals surface area (Å²) >= 11 is 0. The highest BCUT2D eigenvalue weighted by atomic mass is 16.5. The van der Waals surface area contributed by atoms with Crippen LogP contribution in [0.25, 0.3) is 27.8 Å². The SMILES string of the molecule is Cc1[nH]nc2ccc(-c3cnc4ccc(N5C[C@H]6C[C@@H]5CO6)nn34)cc12. The Bertz CT molecular complexity index is 1150. The number of aromatic amines is 1. The van der Waals surface area contributed by atoms with Crippen molar-refractivity contribution in [2.45, 2.75) is 25.5 Å². The molecule has 7 nitrogen and oxygen atoms in total. The first-order valence-electron chi connectivity index (χ1n) is 8.94. The fourth-order valence-corrected chi connectivity index (χ4v) is 4.19. The third kappa shape index (κ3) is 1.94. The molecule has 0 unspecified atom stereocenters. The summed E-state index contributed by atoms with van der Waals surface area (Å²) in [7, 11) is 0.